The number of likely N-dealkylation sites (tertiary alicyclic amines) is 1. The number of fused-ring (bicyclic) bond motifs is 5. The summed E-state index contributed by atoms with van der Waals surface area (Å²) in [4.78, 5) is 37.9. The van der Waals surface area contributed by atoms with Crippen LogP contribution in [0.25, 0.3) is 38.6 Å². The third kappa shape index (κ3) is 3.80. The number of carboxylic acids is 1. The Morgan fingerprint density at radius 1 is 1.14 bits per heavy atom. The number of aromatic amines is 1. The number of benzene rings is 1. The molecule has 0 amide bonds. The Morgan fingerprint density at radius 3 is 2.70 bits per heavy atom. The van der Waals surface area contributed by atoms with Crippen LogP contribution in [0.4, 0.5) is 20.2 Å². The van der Waals surface area contributed by atoms with Crippen LogP contribution < -0.4 is 15.8 Å². The minimum Gasteiger partial charge on any atom is -0.477 e. The normalized spacial score (nSPS) is 20.5. The SMILES string of the molecule is CNc1cc(F)c(F)c2c1[nH]c1ncc(-c3ccc4c(C5CC5)cc(C(=O)O)c(=O)n4c3)c(N3CC[C@H]4CN(C)C[C@H]43)c12. The van der Waals surface area contributed by atoms with E-state index in [1.54, 1.807) is 19.4 Å². The van der Waals surface area contributed by atoms with E-state index in [4.69, 9.17) is 0 Å². The van der Waals surface area contributed by atoms with Gasteiger partial charge in [-0.15, -0.1) is 0 Å². The molecule has 6 heterocycles. The van der Waals surface area contributed by atoms with Crippen LogP contribution in [-0.4, -0.2) is 70.1 Å². The zero-order valence-electron chi connectivity index (χ0n) is 23.7. The van der Waals surface area contributed by atoms with Crippen molar-refractivity contribution in [3.05, 3.63) is 69.8 Å². The highest BCUT2D eigenvalue weighted by Gasteiger charge is 2.42. The first-order valence-corrected chi connectivity index (χ1v) is 14.6. The topological polar surface area (TPSA) is 106 Å². The molecule has 3 N–H and O–H groups in total. The van der Waals surface area contributed by atoms with Gasteiger partial charge in [-0.1, -0.05) is 6.07 Å². The molecule has 2 aliphatic heterocycles. The van der Waals surface area contributed by atoms with E-state index in [1.807, 2.05) is 12.1 Å². The van der Waals surface area contributed by atoms with Gasteiger partial charge in [-0.05, 0) is 55.8 Å². The number of anilines is 2. The summed E-state index contributed by atoms with van der Waals surface area (Å²) in [6.45, 7) is 2.53. The van der Waals surface area contributed by atoms with Gasteiger partial charge in [0.1, 0.15) is 11.2 Å². The van der Waals surface area contributed by atoms with Gasteiger partial charge in [0.2, 0.25) is 0 Å². The largest absolute Gasteiger partial charge is 0.477 e. The fourth-order valence-corrected chi connectivity index (χ4v) is 7.46. The summed E-state index contributed by atoms with van der Waals surface area (Å²) in [6, 6.07) is 6.59. The van der Waals surface area contributed by atoms with Crippen molar-refractivity contribution in [3.8, 4) is 11.1 Å². The minimum absolute atomic E-state index is 0.126. The van der Waals surface area contributed by atoms with E-state index in [2.05, 4.69) is 32.1 Å². The molecule has 0 bridgehead atoms. The van der Waals surface area contributed by atoms with Crippen LogP contribution in [0.2, 0.25) is 0 Å². The molecular weight excluding hydrogens is 554 g/mol. The Kier molecular flexibility index (Phi) is 5.62. The number of pyridine rings is 3. The summed E-state index contributed by atoms with van der Waals surface area (Å²) in [6.07, 6.45) is 6.23. The number of carbonyl (C=O) groups is 1. The smallest absolute Gasteiger partial charge is 0.341 e. The molecule has 1 saturated carbocycles. The molecule has 2 atom stereocenters. The highest BCUT2D eigenvalue weighted by atomic mass is 19.2. The fraction of sp³-hybridized carbons (Fsp3) is 0.344. The molecule has 43 heavy (non-hydrogen) atoms. The van der Waals surface area contributed by atoms with Crippen LogP contribution in [0, 0.1) is 17.6 Å². The zero-order valence-corrected chi connectivity index (χ0v) is 23.7. The Balaban J connectivity index is 1.45. The summed E-state index contributed by atoms with van der Waals surface area (Å²) >= 11 is 0. The fourth-order valence-electron chi connectivity index (χ4n) is 7.46. The number of aromatic nitrogens is 3. The van der Waals surface area contributed by atoms with Crippen molar-refractivity contribution >= 4 is 44.8 Å². The number of hydrogen-bond donors (Lipinski definition) is 3. The summed E-state index contributed by atoms with van der Waals surface area (Å²) in [5, 5.41) is 13.4. The van der Waals surface area contributed by atoms with Gasteiger partial charge in [0.25, 0.3) is 5.56 Å². The number of likely N-dealkylation sites (N-methyl/N-ethyl adjacent to an activating group) is 1. The number of nitrogens with one attached hydrogen (secondary N) is 2. The average Bonchev–Trinajstić information content (AvgIpc) is 3.50. The standard InChI is InChI=1S/C32H30F2N6O3/c1-35-22-10-21(33)27(34)25-26-29(39-8-7-17-12-38(2)14-24(17)39)20(11-36-30(26)37-28(22)25)16-5-6-23-18(15-3-4-15)9-19(32(42)43)31(41)40(23)13-16/h5-6,9-11,13,15,17,24,35H,3-4,7-8,12,14H2,1-2H3,(H,36,37)(H,42,43)/t17-,24+/m0/s1. The second-order valence-corrected chi connectivity index (χ2v) is 12.2. The molecule has 4 aromatic heterocycles. The molecule has 1 aliphatic carbocycles. The van der Waals surface area contributed by atoms with Crippen molar-refractivity contribution in [2.45, 2.75) is 31.2 Å². The van der Waals surface area contributed by atoms with Crippen LogP contribution in [0.1, 0.15) is 41.1 Å². The Morgan fingerprint density at radius 2 is 1.95 bits per heavy atom. The molecule has 220 valence electrons. The third-order valence-corrected chi connectivity index (χ3v) is 9.60. The lowest BCUT2D eigenvalue weighted by molar-refractivity contribution is 0.0694. The van der Waals surface area contributed by atoms with E-state index < -0.39 is 23.2 Å². The molecule has 8 rings (SSSR count). The minimum atomic E-state index is -1.26. The number of halogens is 2. The number of nitrogens with zero attached hydrogens (tertiary/aromatic N) is 4. The lowest BCUT2D eigenvalue weighted by Gasteiger charge is -2.29. The second-order valence-electron chi connectivity index (χ2n) is 12.2. The lowest BCUT2D eigenvalue weighted by atomic mass is 9.99. The third-order valence-electron chi connectivity index (χ3n) is 9.60. The van der Waals surface area contributed by atoms with Crippen molar-refractivity contribution in [1.82, 2.24) is 19.3 Å². The molecule has 1 aromatic carbocycles. The molecule has 11 heteroatoms. The predicted octanol–water partition coefficient (Wildman–Crippen LogP) is 5.03. The van der Waals surface area contributed by atoms with Gasteiger partial charge in [0.15, 0.2) is 11.6 Å². The van der Waals surface area contributed by atoms with Gasteiger partial charge < -0.3 is 25.2 Å². The monoisotopic (exact) mass is 584 g/mol. The van der Waals surface area contributed by atoms with Gasteiger partial charge in [-0.3, -0.25) is 9.20 Å². The van der Waals surface area contributed by atoms with Crippen LogP contribution in [0.3, 0.4) is 0 Å². The van der Waals surface area contributed by atoms with E-state index in [9.17, 15) is 19.1 Å². The Labute approximate surface area is 244 Å². The van der Waals surface area contributed by atoms with E-state index in [0.717, 1.165) is 56.2 Å². The van der Waals surface area contributed by atoms with Crippen LogP contribution in [0.15, 0.2) is 41.5 Å². The molecule has 5 aromatic rings. The zero-order chi connectivity index (χ0) is 29.7. The molecule has 3 fully saturated rings. The summed E-state index contributed by atoms with van der Waals surface area (Å²) in [5.41, 5.74) is 3.97. The van der Waals surface area contributed by atoms with Gasteiger partial charge in [0.05, 0.1) is 33.2 Å². The van der Waals surface area contributed by atoms with Gasteiger partial charge in [-0.25, -0.2) is 18.6 Å². The number of carboxylic acid groups (broad SMARTS) is 1. The van der Waals surface area contributed by atoms with Crippen molar-refractivity contribution in [1.29, 1.82) is 0 Å². The van der Waals surface area contributed by atoms with E-state index >= 15 is 4.39 Å². The van der Waals surface area contributed by atoms with Crippen molar-refractivity contribution in [2.24, 2.45) is 5.92 Å². The second kappa shape index (κ2) is 9.24. The predicted molar refractivity (Wildman–Crippen MR) is 161 cm³/mol. The molecule has 3 aliphatic rings. The molecular formula is C32H30F2N6O3. The maximum absolute atomic E-state index is 15.7. The van der Waals surface area contributed by atoms with E-state index in [1.165, 1.54) is 10.5 Å². The highest BCUT2D eigenvalue weighted by molar-refractivity contribution is 6.18. The quantitative estimate of drug-likeness (QED) is 0.266. The van der Waals surface area contributed by atoms with Gasteiger partial charge in [-0.2, -0.15) is 0 Å². The molecule has 0 spiro atoms. The van der Waals surface area contributed by atoms with Crippen molar-refractivity contribution in [2.75, 3.05) is 43.9 Å². The highest BCUT2D eigenvalue weighted by Crippen LogP contribution is 2.47. The number of aromatic carboxylic acids is 1. The van der Waals surface area contributed by atoms with Crippen LogP contribution in [0.5, 0.6) is 0 Å². The first-order valence-electron chi connectivity index (χ1n) is 14.6. The van der Waals surface area contributed by atoms with Gasteiger partial charge in [0, 0.05) is 62.3 Å². The van der Waals surface area contributed by atoms with Crippen molar-refractivity contribution < 1.29 is 18.7 Å². The number of H-pyrrole nitrogens is 1. The molecule has 2 saturated heterocycles. The summed E-state index contributed by atoms with van der Waals surface area (Å²) in [5.74, 6) is -2.52. The maximum Gasteiger partial charge on any atom is 0.341 e. The number of hydrogen-bond acceptors (Lipinski definition) is 6. The first kappa shape index (κ1) is 26.1. The average molecular weight is 585 g/mol. The van der Waals surface area contributed by atoms with Crippen LogP contribution >= 0.6 is 0 Å². The summed E-state index contributed by atoms with van der Waals surface area (Å²) in [7, 11) is 3.75. The molecule has 0 radical (unpaired) electrons. The Bertz CT molecular complexity index is 2070. The van der Waals surface area contributed by atoms with Gasteiger partial charge >= 0.3 is 5.97 Å². The maximum atomic E-state index is 15.7. The van der Waals surface area contributed by atoms with Crippen LogP contribution in [-0.2, 0) is 0 Å². The van der Waals surface area contributed by atoms with Crippen molar-refractivity contribution in [3.63, 3.8) is 0 Å². The summed E-state index contributed by atoms with van der Waals surface area (Å²) < 4.78 is 32.1. The lowest BCUT2D eigenvalue weighted by Crippen LogP contribution is -2.35. The Hall–Kier alpha value is -4.51. The van der Waals surface area contributed by atoms with E-state index in [0.29, 0.717) is 44.8 Å². The van der Waals surface area contributed by atoms with E-state index in [-0.39, 0.29) is 22.9 Å². The molecule has 9 nitrogen and oxygen atoms in total. The number of rotatable bonds is 5. The molecule has 0 unspecified atom stereocenters. The first-order chi connectivity index (χ1) is 20.7.